The van der Waals surface area contributed by atoms with E-state index in [-0.39, 0.29) is 24.5 Å². The molecule has 8 nitrogen and oxygen atoms in total. The first-order valence-corrected chi connectivity index (χ1v) is 7.17. The highest BCUT2D eigenvalue weighted by molar-refractivity contribution is 5.85. The van der Waals surface area contributed by atoms with E-state index in [1.165, 1.54) is 6.39 Å². The maximum Gasteiger partial charge on any atom is 0.242 e. The van der Waals surface area contributed by atoms with Gasteiger partial charge in [0.05, 0.1) is 19.7 Å². The third-order valence-corrected chi connectivity index (χ3v) is 3.83. The lowest BCUT2D eigenvalue weighted by Gasteiger charge is -2.34. The van der Waals surface area contributed by atoms with E-state index in [9.17, 15) is 9.59 Å². The molecule has 1 aromatic rings. The van der Waals surface area contributed by atoms with E-state index in [1.54, 1.807) is 9.80 Å². The molecule has 3 rings (SSSR count). The van der Waals surface area contributed by atoms with Crippen LogP contribution in [0.1, 0.15) is 31.2 Å². The van der Waals surface area contributed by atoms with Gasteiger partial charge < -0.3 is 19.1 Å². The van der Waals surface area contributed by atoms with Crippen molar-refractivity contribution in [2.24, 2.45) is 0 Å². The normalized spacial score (nSPS) is 23.4. The molecule has 2 aliphatic rings. The van der Waals surface area contributed by atoms with Gasteiger partial charge in [0.1, 0.15) is 6.10 Å². The zero-order valence-corrected chi connectivity index (χ0v) is 11.7. The van der Waals surface area contributed by atoms with Crippen LogP contribution in [-0.4, -0.2) is 64.5 Å². The Balaban J connectivity index is 1.58. The maximum absolute atomic E-state index is 12.3. The number of aromatic nitrogens is 2. The van der Waals surface area contributed by atoms with Crippen LogP contribution in [0.5, 0.6) is 0 Å². The second kappa shape index (κ2) is 6.21. The first-order chi connectivity index (χ1) is 10.2. The quantitative estimate of drug-likeness (QED) is 0.778. The lowest BCUT2D eigenvalue weighted by molar-refractivity contribution is -0.146. The molecule has 0 bridgehead atoms. The number of hydrogen-bond acceptors (Lipinski definition) is 6. The summed E-state index contributed by atoms with van der Waals surface area (Å²) < 4.78 is 10.3. The predicted molar refractivity (Wildman–Crippen MR) is 70.0 cm³/mol. The number of amides is 2. The summed E-state index contributed by atoms with van der Waals surface area (Å²) in [4.78, 5) is 31.4. The summed E-state index contributed by atoms with van der Waals surface area (Å²) >= 11 is 0. The summed E-state index contributed by atoms with van der Waals surface area (Å²) in [5, 5.41) is 3.75. The molecule has 2 saturated heterocycles. The molecule has 0 spiro atoms. The van der Waals surface area contributed by atoms with Crippen LogP contribution in [0.2, 0.25) is 0 Å². The van der Waals surface area contributed by atoms with Crippen molar-refractivity contribution in [3.05, 3.63) is 12.2 Å². The topological polar surface area (TPSA) is 88.8 Å². The summed E-state index contributed by atoms with van der Waals surface area (Å²) in [6, 6.07) is 0. The van der Waals surface area contributed by atoms with Crippen LogP contribution >= 0.6 is 0 Å². The Morgan fingerprint density at radius 1 is 1.38 bits per heavy atom. The molecule has 2 fully saturated rings. The molecule has 0 N–H and O–H groups in total. The number of likely N-dealkylation sites (tertiary alicyclic amines) is 1. The van der Waals surface area contributed by atoms with Crippen molar-refractivity contribution in [1.29, 1.82) is 0 Å². The highest BCUT2D eigenvalue weighted by Gasteiger charge is 2.30. The van der Waals surface area contributed by atoms with E-state index in [1.807, 2.05) is 0 Å². The van der Waals surface area contributed by atoms with Crippen LogP contribution < -0.4 is 0 Å². The summed E-state index contributed by atoms with van der Waals surface area (Å²) in [5.74, 6) is 0.459. The molecule has 2 aliphatic heterocycles. The van der Waals surface area contributed by atoms with Crippen molar-refractivity contribution in [2.45, 2.75) is 25.4 Å². The standard InChI is InChI=1S/C13H18N4O4/c18-11-3-1-2-4-16(11)8-12(19)17-5-6-20-10(7-17)13-14-9-21-15-13/h9-10H,1-8H2. The van der Waals surface area contributed by atoms with E-state index >= 15 is 0 Å². The Morgan fingerprint density at radius 3 is 3.05 bits per heavy atom. The van der Waals surface area contributed by atoms with Gasteiger partial charge in [0.15, 0.2) is 0 Å². The molecule has 8 heteroatoms. The third kappa shape index (κ3) is 3.21. The monoisotopic (exact) mass is 294 g/mol. The van der Waals surface area contributed by atoms with Gasteiger partial charge in [-0.15, -0.1) is 0 Å². The van der Waals surface area contributed by atoms with Crippen LogP contribution in [0.25, 0.3) is 0 Å². The smallest absolute Gasteiger partial charge is 0.242 e. The summed E-state index contributed by atoms with van der Waals surface area (Å²) in [7, 11) is 0. The van der Waals surface area contributed by atoms with Crippen molar-refractivity contribution in [3.63, 3.8) is 0 Å². The summed E-state index contributed by atoms with van der Waals surface area (Å²) in [6.07, 6.45) is 3.31. The van der Waals surface area contributed by atoms with Crippen molar-refractivity contribution >= 4 is 11.8 Å². The van der Waals surface area contributed by atoms with Gasteiger partial charge in [0, 0.05) is 19.5 Å². The molecule has 0 aliphatic carbocycles. The van der Waals surface area contributed by atoms with Gasteiger partial charge in [-0.25, -0.2) is 0 Å². The number of ether oxygens (including phenoxy) is 1. The van der Waals surface area contributed by atoms with Crippen LogP contribution in [0.15, 0.2) is 10.9 Å². The van der Waals surface area contributed by atoms with Crippen LogP contribution in [0.3, 0.4) is 0 Å². The Labute approximate surface area is 122 Å². The van der Waals surface area contributed by atoms with Gasteiger partial charge in [-0.05, 0) is 12.8 Å². The molecule has 0 saturated carbocycles. The van der Waals surface area contributed by atoms with Gasteiger partial charge in [-0.1, -0.05) is 5.16 Å². The number of piperidine rings is 1. The molecule has 0 aromatic carbocycles. The van der Waals surface area contributed by atoms with Crippen LogP contribution in [-0.2, 0) is 14.3 Å². The largest absolute Gasteiger partial charge is 0.366 e. The van der Waals surface area contributed by atoms with Crippen molar-refractivity contribution in [3.8, 4) is 0 Å². The average Bonchev–Trinajstić information content (AvgIpc) is 3.04. The minimum absolute atomic E-state index is 0.0537. The number of rotatable bonds is 3. The van der Waals surface area contributed by atoms with E-state index in [4.69, 9.17) is 9.26 Å². The highest BCUT2D eigenvalue weighted by Crippen LogP contribution is 2.19. The Morgan fingerprint density at radius 2 is 2.29 bits per heavy atom. The molecule has 1 atom stereocenters. The van der Waals surface area contributed by atoms with Crippen LogP contribution in [0, 0.1) is 0 Å². The predicted octanol–water partition coefficient (Wildman–Crippen LogP) is -0.0180. The first-order valence-electron chi connectivity index (χ1n) is 7.17. The fourth-order valence-electron chi connectivity index (χ4n) is 2.64. The number of carbonyl (C=O) groups is 2. The molecular formula is C13H18N4O4. The zero-order valence-electron chi connectivity index (χ0n) is 11.7. The molecule has 1 aromatic heterocycles. The van der Waals surface area contributed by atoms with E-state index in [0.29, 0.717) is 38.5 Å². The maximum atomic E-state index is 12.3. The van der Waals surface area contributed by atoms with Crippen molar-refractivity contribution in [1.82, 2.24) is 19.9 Å². The van der Waals surface area contributed by atoms with Gasteiger partial charge in [0.25, 0.3) is 0 Å². The number of morpholine rings is 1. The van der Waals surface area contributed by atoms with Gasteiger partial charge in [-0.2, -0.15) is 4.98 Å². The summed E-state index contributed by atoms with van der Waals surface area (Å²) in [5.41, 5.74) is 0. The molecule has 114 valence electrons. The van der Waals surface area contributed by atoms with Crippen molar-refractivity contribution < 1.29 is 18.8 Å². The van der Waals surface area contributed by atoms with E-state index in [0.717, 1.165) is 12.8 Å². The fourth-order valence-corrected chi connectivity index (χ4v) is 2.64. The second-order valence-electron chi connectivity index (χ2n) is 5.26. The van der Waals surface area contributed by atoms with E-state index < -0.39 is 0 Å². The number of carbonyl (C=O) groups excluding carboxylic acids is 2. The lowest BCUT2D eigenvalue weighted by Crippen LogP contribution is -2.48. The molecule has 21 heavy (non-hydrogen) atoms. The molecule has 3 heterocycles. The Bertz CT molecular complexity index is 504. The number of nitrogens with zero attached hydrogens (tertiary/aromatic N) is 4. The minimum atomic E-state index is -0.362. The molecule has 1 unspecified atom stereocenters. The number of hydrogen-bond donors (Lipinski definition) is 0. The fraction of sp³-hybridized carbons (Fsp3) is 0.692. The summed E-state index contributed by atoms with van der Waals surface area (Å²) in [6.45, 7) is 2.16. The molecular weight excluding hydrogens is 276 g/mol. The third-order valence-electron chi connectivity index (χ3n) is 3.83. The Kier molecular flexibility index (Phi) is 4.14. The molecule has 2 amide bonds. The zero-order chi connectivity index (χ0) is 14.7. The second-order valence-corrected chi connectivity index (χ2v) is 5.26. The lowest BCUT2D eigenvalue weighted by atomic mass is 10.1. The average molecular weight is 294 g/mol. The molecule has 0 radical (unpaired) electrons. The van der Waals surface area contributed by atoms with Crippen LogP contribution in [0.4, 0.5) is 0 Å². The van der Waals surface area contributed by atoms with Gasteiger partial charge in [0.2, 0.25) is 24.0 Å². The van der Waals surface area contributed by atoms with Gasteiger partial charge in [-0.3, -0.25) is 9.59 Å². The van der Waals surface area contributed by atoms with Crippen molar-refractivity contribution in [2.75, 3.05) is 32.8 Å². The SMILES string of the molecule is O=C1CCCCN1CC(=O)N1CCOC(c2ncon2)C1. The minimum Gasteiger partial charge on any atom is -0.366 e. The first kappa shape index (κ1) is 14.0. The van der Waals surface area contributed by atoms with E-state index in [2.05, 4.69) is 10.1 Å². The highest BCUT2D eigenvalue weighted by atomic mass is 16.5. The van der Waals surface area contributed by atoms with Gasteiger partial charge >= 0.3 is 0 Å². The Hall–Kier alpha value is -1.96.